The molecular formula is C7H12N3O2+. The van der Waals surface area contributed by atoms with Crippen LogP contribution in [0.2, 0.25) is 0 Å². The molecule has 0 atom stereocenters. The van der Waals surface area contributed by atoms with Crippen molar-refractivity contribution in [2.75, 3.05) is 14.2 Å². The van der Waals surface area contributed by atoms with Crippen molar-refractivity contribution in [3.63, 3.8) is 0 Å². The Morgan fingerprint density at radius 3 is 2.42 bits per heavy atom. The molecule has 0 N–H and O–H groups in total. The van der Waals surface area contributed by atoms with Gasteiger partial charge in [-0.1, -0.05) is 4.68 Å². The van der Waals surface area contributed by atoms with Crippen molar-refractivity contribution in [1.82, 2.24) is 10.1 Å². The second kappa shape index (κ2) is 3.34. The maximum atomic E-state index is 5.02. The average molecular weight is 170 g/mol. The van der Waals surface area contributed by atoms with Crippen molar-refractivity contribution in [2.24, 2.45) is 7.05 Å². The first-order chi connectivity index (χ1) is 5.69. The van der Waals surface area contributed by atoms with Gasteiger partial charge in [0, 0.05) is 6.92 Å². The van der Waals surface area contributed by atoms with E-state index in [-0.39, 0.29) is 0 Å². The van der Waals surface area contributed by atoms with E-state index in [1.807, 2.05) is 14.0 Å². The Labute approximate surface area is 71.0 Å². The molecule has 12 heavy (non-hydrogen) atoms. The predicted molar refractivity (Wildman–Crippen MR) is 41.0 cm³/mol. The molecule has 0 amide bonds. The smallest absolute Gasteiger partial charge is 0.382 e. The molecule has 0 bridgehead atoms. The van der Waals surface area contributed by atoms with Crippen molar-refractivity contribution >= 4 is 0 Å². The van der Waals surface area contributed by atoms with Crippen LogP contribution in [0.3, 0.4) is 0 Å². The zero-order valence-corrected chi connectivity index (χ0v) is 7.66. The van der Waals surface area contributed by atoms with E-state index >= 15 is 0 Å². The maximum absolute atomic E-state index is 5.02. The summed E-state index contributed by atoms with van der Waals surface area (Å²) in [6.45, 7) is 1.87. The molecule has 1 rings (SSSR count). The summed E-state index contributed by atoms with van der Waals surface area (Å²) in [4.78, 5) is 3.99. The lowest BCUT2D eigenvalue weighted by atomic mass is 10.5. The Kier molecular flexibility index (Phi) is 2.42. The van der Waals surface area contributed by atoms with Crippen LogP contribution in [0, 0.1) is 6.92 Å². The molecule has 1 heterocycles. The van der Waals surface area contributed by atoms with Gasteiger partial charge in [0.1, 0.15) is 0 Å². The summed E-state index contributed by atoms with van der Waals surface area (Å²) >= 11 is 0. The summed E-state index contributed by atoms with van der Waals surface area (Å²) in [5.41, 5.74) is 0.860. The van der Waals surface area contributed by atoms with Crippen LogP contribution in [0.5, 0.6) is 11.9 Å². The summed E-state index contributed by atoms with van der Waals surface area (Å²) in [7, 11) is 4.89. The highest BCUT2D eigenvalue weighted by molar-refractivity contribution is 5.12. The van der Waals surface area contributed by atoms with E-state index in [4.69, 9.17) is 9.47 Å². The molecule has 0 unspecified atom stereocenters. The predicted octanol–water partition coefficient (Wildman–Crippen LogP) is -0.373. The molecule has 0 saturated carbocycles. The minimum absolute atomic E-state index is 0.306. The summed E-state index contributed by atoms with van der Waals surface area (Å²) in [6, 6.07) is 0.306. The molecule has 0 aromatic carbocycles. The third-order valence-corrected chi connectivity index (χ3v) is 1.60. The van der Waals surface area contributed by atoms with E-state index in [9.17, 15) is 0 Å². The van der Waals surface area contributed by atoms with Crippen LogP contribution in [0.1, 0.15) is 5.69 Å². The van der Waals surface area contributed by atoms with E-state index in [2.05, 4.69) is 10.1 Å². The number of aryl methyl sites for hydroxylation is 1. The van der Waals surface area contributed by atoms with E-state index in [1.165, 1.54) is 7.11 Å². The summed E-state index contributed by atoms with van der Waals surface area (Å²) in [5.74, 6) is 0.532. The molecule has 0 fully saturated rings. The van der Waals surface area contributed by atoms with Crippen molar-refractivity contribution in [3.8, 4) is 11.9 Å². The van der Waals surface area contributed by atoms with Crippen LogP contribution < -0.4 is 14.2 Å². The molecule has 0 spiro atoms. The van der Waals surface area contributed by atoms with Gasteiger partial charge in [0.05, 0.1) is 19.3 Å². The fourth-order valence-corrected chi connectivity index (χ4v) is 0.812. The highest BCUT2D eigenvalue weighted by Crippen LogP contribution is 2.10. The maximum Gasteiger partial charge on any atom is 0.382 e. The van der Waals surface area contributed by atoms with Gasteiger partial charge in [-0.25, -0.2) is 0 Å². The molecular weight excluding hydrogens is 158 g/mol. The van der Waals surface area contributed by atoms with Crippen LogP contribution in [0.4, 0.5) is 0 Å². The van der Waals surface area contributed by atoms with Gasteiger partial charge in [-0.3, -0.25) is 0 Å². The van der Waals surface area contributed by atoms with Crippen molar-refractivity contribution < 1.29 is 14.2 Å². The lowest BCUT2D eigenvalue weighted by molar-refractivity contribution is -0.737. The Morgan fingerprint density at radius 1 is 1.25 bits per heavy atom. The number of hydrogen-bond acceptors (Lipinski definition) is 4. The summed E-state index contributed by atoms with van der Waals surface area (Å²) in [6.07, 6.45) is 0. The first kappa shape index (κ1) is 8.70. The number of hydrogen-bond donors (Lipinski definition) is 0. The van der Waals surface area contributed by atoms with Crippen LogP contribution in [0.25, 0.3) is 0 Å². The highest BCUT2D eigenvalue weighted by atomic mass is 16.5. The average Bonchev–Trinajstić information content (AvgIpc) is 2.09. The number of methoxy groups -OCH3 is 2. The second-order valence-electron chi connectivity index (χ2n) is 2.32. The Balaban J connectivity index is 3.19. The SMILES string of the molecule is COc1nc(OC)c(C)[n+](C)n1. The quantitative estimate of drug-likeness (QED) is 0.568. The topological polar surface area (TPSA) is 48.1 Å². The van der Waals surface area contributed by atoms with Crippen LogP contribution in [0.15, 0.2) is 0 Å². The van der Waals surface area contributed by atoms with Crippen LogP contribution in [-0.2, 0) is 7.05 Å². The van der Waals surface area contributed by atoms with Gasteiger partial charge in [0.25, 0.3) is 11.6 Å². The molecule has 0 aliphatic heterocycles. The van der Waals surface area contributed by atoms with E-state index in [1.54, 1.807) is 11.8 Å². The molecule has 0 aliphatic rings. The molecule has 5 nitrogen and oxygen atoms in total. The fraction of sp³-hybridized carbons (Fsp3) is 0.571. The Morgan fingerprint density at radius 2 is 1.92 bits per heavy atom. The number of aromatic nitrogens is 3. The van der Waals surface area contributed by atoms with Gasteiger partial charge in [0.2, 0.25) is 0 Å². The monoisotopic (exact) mass is 170 g/mol. The van der Waals surface area contributed by atoms with Gasteiger partial charge < -0.3 is 9.47 Å². The molecule has 1 aromatic heterocycles. The summed E-state index contributed by atoms with van der Waals surface area (Å²) in [5, 5.41) is 4.00. The minimum Gasteiger partial charge on any atom is -0.476 e. The lowest BCUT2D eigenvalue weighted by Gasteiger charge is -2.00. The van der Waals surface area contributed by atoms with Crippen molar-refractivity contribution in [1.29, 1.82) is 0 Å². The zero-order chi connectivity index (χ0) is 9.14. The zero-order valence-electron chi connectivity index (χ0n) is 7.66. The van der Waals surface area contributed by atoms with Crippen molar-refractivity contribution in [2.45, 2.75) is 6.92 Å². The molecule has 5 heteroatoms. The van der Waals surface area contributed by atoms with Crippen LogP contribution >= 0.6 is 0 Å². The normalized spacial score (nSPS) is 9.67. The molecule has 66 valence electrons. The Hall–Kier alpha value is -1.39. The molecule has 0 radical (unpaired) electrons. The second-order valence-corrected chi connectivity index (χ2v) is 2.32. The van der Waals surface area contributed by atoms with E-state index in [0.29, 0.717) is 11.9 Å². The van der Waals surface area contributed by atoms with Gasteiger partial charge in [0.15, 0.2) is 7.05 Å². The fourth-order valence-electron chi connectivity index (χ4n) is 0.812. The first-order valence-electron chi connectivity index (χ1n) is 3.52. The molecule has 0 saturated heterocycles. The minimum atomic E-state index is 0.306. The Bertz CT molecular complexity index is 288. The van der Waals surface area contributed by atoms with Crippen LogP contribution in [-0.4, -0.2) is 24.3 Å². The number of ether oxygens (including phenoxy) is 2. The highest BCUT2D eigenvalue weighted by Gasteiger charge is 2.15. The summed E-state index contributed by atoms with van der Waals surface area (Å²) < 4.78 is 11.5. The molecule has 1 aromatic rings. The standard InChI is InChI=1S/C7H12N3O2/c1-5-6(11-3)8-7(12-4)9-10(5)2/h1-4H3/q+1. The van der Waals surface area contributed by atoms with E-state index < -0.39 is 0 Å². The number of rotatable bonds is 2. The van der Waals surface area contributed by atoms with Crippen molar-refractivity contribution in [3.05, 3.63) is 5.69 Å². The van der Waals surface area contributed by atoms with E-state index in [0.717, 1.165) is 5.69 Å². The van der Waals surface area contributed by atoms with Gasteiger partial charge >= 0.3 is 6.01 Å². The molecule has 0 aliphatic carbocycles. The van der Waals surface area contributed by atoms with Gasteiger partial charge in [-0.2, -0.15) is 0 Å². The first-order valence-corrected chi connectivity index (χ1v) is 3.52. The third-order valence-electron chi connectivity index (χ3n) is 1.60. The van der Waals surface area contributed by atoms with Gasteiger partial charge in [-0.15, -0.1) is 4.98 Å². The number of nitrogens with zero attached hydrogens (tertiary/aromatic N) is 3. The largest absolute Gasteiger partial charge is 0.476 e. The lowest BCUT2D eigenvalue weighted by Crippen LogP contribution is -2.37. The third kappa shape index (κ3) is 1.44. The van der Waals surface area contributed by atoms with Gasteiger partial charge in [-0.05, 0) is 0 Å².